The van der Waals surface area contributed by atoms with E-state index in [2.05, 4.69) is 83.1 Å². The number of aliphatic imine (C=N–C) groups is 1. The minimum Gasteiger partial charge on any atom is -0.494 e. The highest BCUT2D eigenvalue weighted by Crippen LogP contribution is 2.19. The first kappa shape index (κ1) is 26.0. The van der Waals surface area contributed by atoms with E-state index < -0.39 is 0 Å². The van der Waals surface area contributed by atoms with Crippen LogP contribution in [0, 0.1) is 6.92 Å². The second-order valence-electron chi connectivity index (χ2n) is 8.11. The smallest absolute Gasteiger partial charge is 0.191 e. The van der Waals surface area contributed by atoms with E-state index in [4.69, 9.17) is 4.74 Å². The molecule has 0 bridgehead atoms. The number of fused-ring (bicyclic) bond motifs is 1. The molecular weight excluding hydrogens is 513 g/mol. The molecule has 0 aliphatic carbocycles. The SMILES string of the molecule is CN=C(NCCc1c[nH]c2cc(C)ccc12)NCc1ccc(OCCCN(C)C)cc1.I. The lowest BCUT2D eigenvalue weighted by atomic mass is 10.1. The van der Waals surface area contributed by atoms with Gasteiger partial charge in [0.1, 0.15) is 5.75 Å². The van der Waals surface area contributed by atoms with Gasteiger partial charge in [0, 0.05) is 43.8 Å². The van der Waals surface area contributed by atoms with Gasteiger partial charge in [0.05, 0.1) is 6.61 Å². The molecule has 0 unspecified atom stereocenters. The molecule has 0 fully saturated rings. The molecule has 0 radical (unpaired) electrons. The first-order chi connectivity index (χ1) is 15.0. The Morgan fingerprint density at radius 3 is 2.59 bits per heavy atom. The summed E-state index contributed by atoms with van der Waals surface area (Å²) in [6, 6.07) is 14.8. The van der Waals surface area contributed by atoms with Gasteiger partial charge in [0.25, 0.3) is 0 Å². The molecule has 0 saturated heterocycles. The number of H-pyrrole nitrogens is 1. The summed E-state index contributed by atoms with van der Waals surface area (Å²) in [6.45, 7) is 5.42. The number of nitrogens with one attached hydrogen (secondary N) is 3. The van der Waals surface area contributed by atoms with Gasteiger partial charge in [-0.1, -0.05) is 24.3 Å². The Balaban J connectivity index is 0.00000363. The number of nitrogens with zero attached hydrogens (tertiary/aromatic N) is 2. The van der Waals surface area contributed by atoms with E-state index >= 15 is 0 Å². The van der Waals surface area contributed by atoms with Crippen molar-refractivity contribution in [3.05, 3.63) is 65.4 Å². The van der Waals surface area contributed by atoms with Gasteiger partial charge in [0.15, 0.2) is 5.96 Å². The van der Waals surface area contributed by atoms with Gasteiger partial charge in [0.2, 0.25) is 0 Å². The summed E-state index contributed by atoms with van der Waals surface area (Å²) in [5.41, 5.74) is 4.98. The van der Waals surface area contributed by atoms with E-state index in [1.807, 2.05) is 12.1 Å². The molecule has 32 heavy (non-hydrogen) atoms. The van der Waals surface area contributed by atoms with Crippen molar-refractivity contribution in [3.63, 3.8) is 0 Å². The Hall–Kier alpha value is -2.26. The molecule has 6 nitrogen and oxygen atoms in total. The molecule has 174 valence electrons. The Morgan fingerprint density at radius 2 is 1.88 bits per heavy atom. The van der Waals surface area contributed by atoms with Crippen molar-refractivity contribution >= 4 is 40.8 Å². The Kier molecular flexibility index (Phi) is 10.8. The van der Waals surface area contributed by atoms with Gasteiger partial charge >= 0.3 is 0 Å². The van der Waals surface area contributed by atoms with Crippen LogP contribution < -0.4 is 15.4 Å². The van der Waals surface area contributed by atoms with Crippen LogP contribution in [0.2, 0.25) is 0 Å². The third kappa shape index (κ3) is 8.02. The quantitative estimate of drug-likeness (QED) is 0.153. The van der Waals surface area contributed by atoms with E-state index in [0.29, 0.717) is 6.54 Å². The molecule has 0 saturated carbocycles. The fourth-order valence-electron chi connectivity index (χ4n) is 3.50. The minimum absolute atomic E-state index is 0. The largest absolute Gasteiger partial charge is 0.494 e. The molecular formula is C25H36IN5O. The minimum atomic E-state index is 0. The number of guanidine groups is 1. The molecule has 0 spiro atoms. The van der Waals surface area contributed by atoms with Crippen molar-refractivity contribution in [2.24, 2.45) is 4.99 Å². The van der Waals surface area contributed by atoms with Gasteiger partial charge in [-0.2, -0.15) is 0 Å². The number of hydrogen-bond acceptors (Lipinski definition) is 3. The van der Waals surface area contributed by atoms with Gasteiger partial charge in [-0.3, -0.25) is 4.99 Å². The lowest BCUT2D eigenvalue weighted by Crippen LogP contribution is -2.37. The maximum atomic E-state index is 5.80. The average molecular weight is 550 g/mol. The molecule has 3 aromatic rings. The summed E-state index contributed by atoms with van der Waals surface area (Å²) in [6.07, 6.45) is 4.06. The summed E-state index contributed by atoms with van der Waals surface area (Å²) >= 11 is 0. The Morgan fingerprint density at radius 1 is 1.09 bits per heavy atom. The van der Waals surface area contributed by atoms with Crippen LogP contribution in [0.3, 0.4) is 0 Å². The molecule has 1 heterocycles. The first-order valence-electron chi connectivity index (χ1n) is 10.9. The highest BCUT2D eigenvalue weighted by Gasteiger charge is 2.05. The molecule has 0 aliphatic rings. The number of aromatic amines is 1. The molecule has 3 rings (SSSR count). The van der Waals surface area contributed by atoms with Gasteiger partial charge in [-0.05, 0) is 68.8 Å². The monoisotopic (exact) mass is 549 g/mol. The van der Waals surface area contributed by atoms with Crippen LogP contribution in [-0.2, 0) is 13.0 Å². The van der Waals surface area contributed by atoms with Crippen molar-refractivity contribution in [2.75, 3.05) is 40.8 Å². The number of benzene rings is 2. The van der Waals surface area contributed by atoms with Crippen LogP contribution in [0.1, 0.15) is 23.1 Å². The van der Waals surface area contributed by atoms with Crippen molar-refractivity contribution in [3.8, 4) is 5.75 Å². The summed E-state index contributed by atoms with van der Waals surface area (Å²) in [5, 5.41) is 8.08. The van der Waals surface area contributed by atoms with Crippen LogP contribution >= 0.6 is 24.0 Å². The van der Waals surface area contributed by atoms with Crippen molar-refractivity contribution in [1.82, 2.24) is 20.5 Å². The number of halogens is 1. The van der Waals surface area contributed by atoms with E-state index in [1.165, 1.54) is 27.6 Å². The zero-order chi connectivity index (χ0) is 22.1. The fourth-order valence-corrected chi connectivity index (χ4v) is 3.50. The zero-order valence-electron chi connectivity index (χ0n) is 19.6. The van der Waals surface area contributed by atoms with E-state index in [1.54, 1.807) is 7.05 Å². The highest BCUT2D eigenvalue weighted by atomic mass is 127. The van der Waals surface area contributed by atoms with Crippen molar-refractivity contribution in [2.45, 2.75) is 26.3 Å². The second-order valence-corrected chi connectivity index (χ2v) is 8.11. The predicted octanol–water partition coefficient (Wildman–Crippen LogP) is 4.33. The third-order valence-corrected chi connectivity index (χ3v) is 5.24. The number of ether oxygens (including phenoxy) is 1. The fraction of sp³-hybridized carbons (Fsp3) is 0.400. The van der Waals surface area contributed by atoms with Gasteiger partial charge in [-0.25, -0.2) is 0 Å². The summed E-state index contributed by atoms with van der Waals surface area (Å²) < 4.78 is 5.80. The van der Waals surface area contributed by atoms with E-state index in [9.17, 15) is 0 Å². The lowest BCUT2D eigenvalue weighted by Gasteiger charge is -2.13. The highest BCUT2D eigenvalue weighted by molar-refractivity contribution is 14.0. The maximum Gasteiger partial charge on any atom is 0.191 e. The van der Waals surface area contributed by atoms with Crippen molar-refractivity contribution in [1.29, 1.82) is 0 Å². The molecule has 1 aromatic heterocycles. The van der Waals surface area contributed by atoms with Crippen LogP contribution in [0.15, 0.2) is 53.7 Å². The van der Waals surface area contributed by atoms with Crippen LogP contribution in [0.5, 0.6) is 5.75 Å². The van der Waals surface area contributed by atoms with E-state index in [-0.39, 0.29) is 24.0 Å². The third-order valence-electron chi connectivity index (χ3n) is 5.24. The Bertz CT molecular complexity index is 982. The summed E-state index contributed by atoms with van der Waals surface area (Å²) in [7, 11) is 5.95. The van der Waals surface area contributed by atoms with Gasteiger partial charge in [-0.15, -0.1) is 24.0 Å². The Labute approximate surface area is 208 Å². The van der Waals surface area contributed by atoms with Crippen molar-refractivity contribution < 1.29 is 4.74 Å². The molecule has 7 heteroatoms. The topological polar surface area (TPSA) is 64.7 Å². The van der Waals surface area contributed by atoms with Crippen LogP contribution in [-0.4, -0.2) is 56.7 Å². The predicted molar refractivity (Wildman–Crippen MR) is 145 cm³/mol. The number of aromatic nitrogens is 1. The first-order valence-corrected chi connectivity index (χ1v) is 10.9. The van der Waals surface area contributed by atoms with Gasteiger partial charge < -0.3 is 25.3 Å². The molecule has 3 N–H and O–H groups in total. The summed E-state index contributed by atoms with van der Waals surface area (Å²) in [4.78, 5) is 9.87. The zero-order valence-corrected chi connectivity index (χ0v) is 21.9. The lowest BCUT2D eigenvalue weighted by molar-refractivity contribution is 0.281. The number of rotatable bonds is 10. The standard InChI is InChI=1S/C25H35N5O.HI/c1-19-6-11-23-21(18-28-24(23)16-19)12-13-27-25(26-2)29-17-20-7-9-22(10-8-20)31-15-5-14-30(3)4;/h6-11,16,18,28H,5,12-15,17H2,1-4H3,(H2,26,27,29);1H. The van der Waals surface area contributed by atoms with Crippen LogP contribution in [0.4, 0.5) is 0 Å². The number of hydrogen-bond donors (Lipinski definition) is 3. The molecule has 0 atom stereocenters. The normalized spacial score (nSPS) is 11.5. The molecule has 2 aromatic carbocycles. The molecule has 0 amide bonds. The number of aryl methyl sites for hydroxylation is 1. The van der Waals surface area contributed by atoms with Crippen LogP contribution in [0.25, 0.3) is 10.9 Å². The second kappa shape index (κ2) is 13.3. The summed E-state index contributed by atoms with van der Waals surface area (Å²) in [5.74, 6) is 1.72. The van der Waals surface area contributed by atoms with E-state index in [0.717, 1.165) is 44.2 Å². The maximum absolute atomic E-state index is 5.80. The molecule has 0 aliphatic heterocycles. The average Bonchev–Trinajstić information content (AvgIpc) is 3.16.